The van der Waals surface area contributed by atoms with E-state index in [1.54, 1.807) is 5.56 Å². The molecule has 0 spiro atoms. The van der Waals surface area contributed by atoms with Crippen LogP contribution in [-0.2, 0) is 5.41 Å². The van der Waals surface area contributed by atoms with Gasteiger partial charge in [0, 0.05) is 27.6 Å². The number of rotatable bonds is 7. The van der Waals surface area contributed by atoms with E-state index in [0.717, 1.165) is 28.5 Å². The van der Waals surface area contributed by atoms with Gasteiger partial charge < -0.3 is 9.32 Å². The molecule has 7 aromatic rings. The summed E-state index contributed by atoms with van der Waals surface area (Å²) in [6.45, 7) is 4.88. The highest BCUT2D eigenvalue weighted by Gasteiger charge is 2.37. The van der Waals surface area contributed by atoms with Crippen molar-refractivity contribution in [1.29, 1.82) is 0 Å². The lowest BCUT2D eigenvalue weighted by Crippen LogP contribution is -2.17. The van der Waals surface area contributed by atoms with E-state index in [-0.39, 0.29) is 5.41 Å². The van der Waals surface area contributed by atoms with Gasteiger partial charge >= 0.3 is 0 Å². The van der Waals surface area contributed by atoms with E-state index in [1.807, 2.05) is 0 Å². The van der Waals surface area contributed by atoms with Crippen LogP contribution >= 0.6 is 0 Å². The summed E-state index contributed by atoms with van der Waals surface area (Å²) in [6.07, 6.45) is 20.0. The third kappa shape index (κ3) is 6.53. The van der Waals surface area contributed by atoms with Crippen molar-refractivity contribution in [2.45, 2.75) is 133 Å². The molecule has 4 aliphatic carbocycles. The maximum Gasteiger partial charge on any atom is 0.159 e. The van der Waals surface area contributed by atoms with Crippen LogP contribution in [0.3, 0.4) is 0 Å². The summed E-state index contributed by atoms with van der Waals surface area (Å²) < 4.78 is 7.16. The average molecular weight is 774 g/mol. The van der Waals surface area contributed by atoms with Crippen molar-refractivity contribution in [3.8, 4) is 22.3 Å². The van der Waals surface area contributed by atoms with Crippen LogP contribution in [0.2, 0.25) is 0 Å². The average Bonchev–Trinajstić information content (AvgIpc) is 3.80. The fourth-order valence-corrected chi connectivity index (χ4v) is 11.9. The number of anilines is 3. The Hall–Kier alpha value is -5.08. The van der Waals surface area contributed by atoms with Crippen molar-refractivity contribution in [3.05, 3.63) is 149 Å². The molecule has 59 heavy (non-hydrogen) atoms. The predicted molar refractivity (Wildman–Crippen MR) is 249 cm³/mol. The van der Waals surface area contributed by atoms with Gasteiger partial charge in [-0.05, 0) is 137 Å². The second-order valence-electron chi connectivity index (χ2n) is 19.1. The largest absolute Gasteiger partial charge is 0.454 e. The Labute approximate surface area is 351 Å². The molecule has 0 atom stereocenters. The number of para-hydroxylation sites is 2. The van der Waals surface area contributed by atoms with E-state index < -0.39 is 0 Å². The molecule has 3 fully saturated rings. The Morgan fingerprint density at radius 2 is 0.966 bits per heavy atom. The second-order valence-corrected chi connectivity index (χ2v) is 19.1. The first-order valence-corrected chi connectivity index (χ1v) is 23.3. The van der Waals surface area contributed by atoms with Crippen LogP contribution in [0, 0.1) is 0 Å². The highest BCUT2D eigenvalue weighted by molar-refractivity contribution is 6.11. The maximum absolute atomic E-state index is 7.16. The molecule has 1 aromatic heterocycles. The molecule has 1 heterocycles. The van der Waals surface area contributed by atoms with Gasteiger partial charge in [-0.3, -0.25) is 0 Å². The quantitative estimate of drug-likeness (QED) is 0.160. The molecular formula is C57H59NO. The van der Waals surface area contributed by atoms with Crippen LogP contribution < -0.4 is 4.90 Å². The van der Waals surface area contributed by atoms with E-state index in [9.17, 15) is 0 Å². The van der Waals surface area contributed by atoms with Gasteiger partial charge in [-0.15, -0.1) is 0 Å². The standard InChI is InChI=1S/C57H59NO/c1-57(2)52-36-44(39-16-8-4-9-17-39)30-34-48(52)49-35-33-46(37-53(49)57)58(45-31-28-42(29-32-45)41-26-24-40(25-27-41)38-14-6-3-7-15-38)54-23-13-22-51-50-21-12-20-47(55(50)59-56(51)54)43-18-10-5-11-19-43/h12-13,20-39,43H,3-11,14-19H2,1-2H3. The Morgan fingerprint density at radius 3 is 1.63 bits per heavy atom. The molecule has 298 valence electrons. The monoisotopic (exact) mass is 773 g/mol. The maximum atomic E-state index is 7.16. The van der Waals surface area contributed by atoms with Gasteiger partial charge in [-0.2, -0.15) is 0 Å². The van der Waals surface area contributed by atoms with Crippen molar-refractivity contribution < 1.29 is 4.42 Å². The molecule has 0 amide bonds. The molecule has 0 bridgehead atoms. The summed E-state index contributed by atoms with van der Waals surface area (Å²) in [5, 5.41) is 2.43. The second kappa shape index (κ2) is 15.2. The van der Waals surface area contributed by atoms with Gasteiger partial charge in [0.2, 0.25) is 0 Å². The lowest BCUT2D eigenvalue weighted by molar-refractivity contribution is 0.442. The minimum absolute atomic E-state index is 0.106. The minimum Gasteiger partial charge on any atom is -0.454 e. The zero-order valence-electron chi connectivity index (χ0n) is 35.2. The summed E-state index contributed by atoms with van der Waals surface area (Å²) in [5.41, 5.74) is 18.0. The zero-order chi connectivity index (χ0) is 39.5. The Bertz CT molecular complexity index is 2620. The Morgan fingerprint density at radius 1 is 0.458 bits per heavy atom. The highest BCUT2D eigenvalue weighted by atomic mass is 16.3. The summed E-state index contributed by atoms with van der Waals surface area (Å²) in [7, 11) is 0. The molecule has 3 saturated carbocycles. The lowest BCUT2D eigenvalue weighted by Gasteiger charge is -2.28. The normalized spacial score (nSPS) is 18.6. The molecule has 0 radical (unpaired) electrons. The van der Waals surface area contributed by atoms with Crippen molar-refractivity contribution in [2.24, 2.45) is 0 Å². The summed E-state index contributed by atoms with van der Waals surface area (Å²) in [6, 6.07) is 47.0. The minimum atomic E-state index is -0.106. The number of fused-ring (bicyclic) bond motifs is 6. The Balaban J connectivity index is 1.02. The molecular weight excluding hydrogens is 715 g/mol. The van der Waals surface area contributed by atoms with Crippen LogP contribution in [0.1, 0.15) is 156 Å². The van der Waals surface area contributed by atoms with Gasteiger partial charge in [-0.25, -0.2) is 0 Å². The van der Waals surface area contributed by atoms with Crippen molar-refractivity contribution in [1.82, 2.24) is 0 Å². The number of benzene rings is 6. The van der Waals surface area contributed by atoms with Crippen molar-refractivity contribution in [2.75, 3.05) is 4.90 Å². The van der Waals surface area contributed by atoms with Crippen LogP contribution in [-0.4, -0.2) is 0 Å². The number of hydrogen-bond donors (Lipinski definition) is 0. The van der Waals surface area contributed by atoms with Crippen LogP contribution in [0.25, 0.3) is 44.2 Å². The molecule has 2 nitrogen and oxygen atoms in total. The van der Waals surface area contributed by atoms with E-state index in [2.05, 4.69) is 140 Å². The van der Waals surface area contributed by atoms with Gasteiger partial charge in [-0.1, -0.05) is 163 Å². The van der Waals surface area contributed by atoms with Gasteiger partial charge in [0.05, 0.1) is 5.69 Å². The van der Waals surface area contributed by atoms with Crippen molar-refractivity contribution >= 4 is 39.0 Å². The van der Waals surface area contributed by atoms with E-state index in [1.165, 1.54) is 157 Å². The van der Waals surface area contributed by atoms with Gasteiger partial charge in [0.1, 0.15) is 5.58 Å². The van der Waals surface area contributed by atoms with Crippen LogP contribution in [0.4, 0.5) is 17.1 Å². The first-order chi connectivity index (χ1) is 29.0. The topological polar surface area (TPSA) is 16.4 Å². The van der Waals surface area contributed by atoms with E-state index >= 15 is 0 Å². The predicted octanol–water partition coefficient (Wildman–Crippen LogP) is 17.2. The van der Waals surface area contributed by atoms with Crippen molar-refractivity contribution in [3.63, 3.8) is 0 Å². The molecule has 11 rings (SSSR count). The molecule has 0 N–H and O–H groups in total. The SMILES string of the molecule is CC1(C)c2cc(C3CCCCC3)ccc2-c2ccc(N(c3ccc(-c4ccc(C5CCCCC5)cc4)cc3)c3cccc4c3oc3c(C5CCCCC5)cccc34)cc21. The summed E-state index contributed by atoms with van der Waals surface area (Å²) >= 11 is 0. The molecule has 0 unspecified atom stereocenters. The highest BCUT2D eigenvalue weighted by Crippen LogP contribution is 2.53. The third-order valence-corrected chi connectivity index (χ3v) is 15.3. The smallest absolute Gasteiger partial charge is 0.159 e. The third-order valence-electron chi connectivity index (χ3n) is 15.3. The Kier molecular flexibility index (Phi) is 9.51. The first-order valence-electron chi connectivity index (χ1n) is 23.3. The summed E-state index contributed by atoms with van der Waals surface area (Å²) in [4.78, 5) is 2.47. The van der Waals surface area contributed by atoms with E-state index in [4.69, 9.17) is 4.42 Å². The summed E-state index contributed by atoms with van der Waals surface area (Å²) in [5.74, 6) is 1.98. The molecule has 6 aromatic carbocycles. The number of hydrogen-bond acceptors (Lipinski definition) is 2. The first kappa shape index (κ1) is 37.0. The lowest BCUT2D eigenvalue weighted by atomic mass is 9.79. The molecule has 4 aliphatic rings. The molecule has 2 heteroatoms. The molecule has 0 saturated heterocycles. The van der Waals surface area contributed by atoms with Crippen LogP contribution in [0.15, 0.2) is 126 Å². The number of furan rings is 1. The fraction of sp³-hybridized carbons (Fsp3) is 0.368. The molecule has 0 aliphatic heterocycles. The van der Waals surface area contributed by atoms with Gasteiger partial charge in [0.25, 0.3) is 0 Å². The number of nitrogens with zero attached hydrogens (tertiary/aromatic N) is 1. The van der Waals surface area contributed by atoms with Gasteiger partial charge in [0.15, 0.2) is 5.58 Å². The van der Waals surface area contributed by atoms with Crippen LogP contribution in [0.5, 0.6) is 0 Å². The zero-order valence-corrected chi connectivity index (χ0v) is 35.2. The van der Waals surface area contributed by atoms with E-state index in [0.29, 0.717) is 11.8 Å². The fourth-order valence-electron chi connectivity index (χ4n) is 11.9.